The highest BCUT2D eigenvalue weighted by Gasteiger charge is 2.32. The minimum absolute atomic E-state index is 0.568. The van der Waals surface area contributed by atoms with Gasteiger partial charge in [0.05, 0.1) is 0 Å². The van der Waals surface area contributed by atoms with Gasteiger partial charge >= 0.3 is 0 Å². The molecule has 1 saturated carbocycles. The van der Waals surface area contributed by atoms with Crippen molar-refractivity contribution in [1.82, 2.24) is 10.2 Å². The maximum Gasteiger partial charge on any atom is 0.00500 e. The van der Waals surface area contributed by atoms with Gasteiger partial charge in [-0.3, -0.25) is 0 Å². The smallest absolute Gasteiger partial charge is 0.00500 e. The molecule has 96 valence electrons. The maximum atomic E-state index is 3.42. The highest BCUT2D eigenvalue weighted by Crippen LogP contribution is 2.36. The van der Waals surface area contributed by atoms with Crippen molar-refractivity contribution in [3.8, 4) is 0 Å². The second-order valence-corrected chi connectivity index (χ2v) is 5.46. The highest BCUT2D eigenvalue weighted by molar-refractivity contribution is 4.87. The molecule has 16 heavy (non-hydrogen) atoms. The molecule has 0 atom stereocenters. The number of hydrogen-bond donors (Lipinski definition) is 1. The predicted octanol–water partition coefficient (Wildman–Crippen LogP) is 2.89. The Labute approximate surface area is 102 Å². The van der Waals surface area contributed by atoms with E-state index in [0.29, 0.717) is 5.41 Å². The summed E-state index contributed by atoms with van der Waals surface area (Å²) in [4.78, 5) is 2.64. The first-order valence-corrected chi connectivity index (χ1v) is 7.13. The molecule has 0 radical (unpaired) electrons. The molecule has 0 heterocycles. The number of hydrogen-bond acceptors (Lipinski definition) is 2. The summed E-state index contributed by atoms with van der Waals surface area (Å²) in [5.41, 5.74) is 0.568. The van der Waals surface area contributed by atoms with Gasteiger partial charge in [-0.05, 0) is 44.8 Å². The average Bonchev–Trinajstić information content (AvgIpc) is 2.30. The summed E-state index contributed by atoms with van der Waals surface area (Å²) in [6, 6.07) is 0. The second kappa shape index (κ2) is 7.29. The van der Waals surface area contributed by atoms with E-state index in [9.17, 15) is 0 Å². The van der Waals surface area contributed by atoms with Gasteiger partial charge in [-0.2, -0.15) is 0 Å². The van der Waals surface area contributed by atoms with Crippen LogP contribution in [0.1, 0.15) is 52.4 Å². The molecule has 0 bridgehead atoms. The topological polar surface area (TPSA) is 15.3 Å². The van der Waals surface area contributed by atoms with Gasteiger partial charge in [-0.25, -0.2) is 0 Å². The van der Waals surface area contributed by atoms with Crippen molar-refractivity contribution in [2.45, 2.75) is 52.4 Å². The lowest BCUT2D eigenvalue weighted by Crippen LogP contribution is -2.45. The van der Waals surface area contributed by atoms with E-state index in [1.54, 1.807) is 0 Å². The van der Waals surface area contributed by atoms with Crippen molar-refractivity contribution in [2.75, 3.05) is 33.2 Å². The zero-order valence-electron chi connectivity index (χ0n) is 11.5. The summed E-state index contributed by atoms with van der Waals surface area (Å²) in [5, 5.41) is 3.42. The van der Waals surface area contributed by atoms with Gasteiger partial charge in [0.15, 0.2) is 0 Å². The molecule has 1 fully saturated rings. The second-order valence-electron chi connectivity index (χ2n) is 5.46. The molecular weight excluding hydrogens is 196 g/mol. The number of rotatable bonds is 7. The molecule has 2 nitrogen and oxygen atoms in total. The fraction of sp³-hybridized carbons (Fsp3) is 1.00. The number of nitrogens with zero attached hydrogens (tertiary/aromatic N) is 1. The van der Waals surface area contributed by atoms with Crippen molar-refractivity contribution in [3.05, 3.63) is 0 Å². The average molecular weight is 226 g/mol. The predicted molar refractivity (Wildman–Crippen MR) is 71.8 cm³/mol. The third-order valence-electron chi connectivity index (χ3n) is 4.01. The Balaban J connectivity index is 2.53. The molecule has 1 rings (SSSR count). The van der Waals surface area contributed by atoms with Crippen molar-refractivity contribution in [3.63, 3.8) is 0 Å². The number of nitrogens with one attached hydrogen (secondary N) is 1. The van der Waals surface area contributed by atoms with Gasteiger partial charge in [0.2, 0.25) is 0 Å². The Bertz CT molecular complexity index is 168. The van der Waals surface area contributed by atoms with Crippen molar-refractivity contribution in [1.29, 1.82) is 0 Å². The molecule has 0 unspecified atom stereocenters. The van der Waals surface area contributed by atoms with E-state index in [-0.39, 0.29) is 0 Å². The highest BCUT2D eigenvalue weighted by atomic mass is 15.1. The van der Waals surface area contributed by atoms with Crippen LogP contribution in [0.5, 0.6) is 0 Å². The first-order chi connectivity index (χ1) is 7.76. The molecule has 0 aromatic heterocycles. The fourth-order valence-electron chi connectivity index (χ4n) is 3.21. The van der Waals surface area contributed by atoms with Crippen molar-refractivity contribution < 1.29 is 0 Å². The lowest BCUT2D eigenvalue weighted by Gasteiger charge is -2.41. The summed E-state index contributed by atoms with van der Waals surface area (Å²) in [6.45, 7) is 9.56. The molecule has 1 aliphatic rings. The Morgan fingerprint density at radius 2 is 1.81 bits per heavy atom. The van der Waals surface area contributed by atoms with Gasteiger partial charge in [0.1, 0.15) is 0 Å². The van der Waals surface area contributed by atoms with Gasteiger partial charge in [0, 0.05) is 13.1 Å². The molecule has 0 aromatic carbocycles. The minimum atomic E-state index is 0.568. The summed E-state index contributed by atoms with van der Waals surface area (Å²) < 4.78 is 0. The Kier molecular flexibility index (Phi) is 6.37. The SMILES string of the molecule is CCCN(CC)CC1(CNC)CCCCC1. The Hall–Kier alpha value is -0.0800. The fourth-order valence-corrected chi connectivity index (χ4v) is 3.21. The van der Waals surface area contributed by atoms with E-state index in [1.807, 2.05) is 0 Å². The summed E-state index contributed by atoms with van der Waals surface area (Å²) in [7, 11) is 2.10. The minimum Gasteiger partial charge on any atom is -0.319 e. The van der Waals surface area contributed by atoms with E-state index in [4.69, 9.17) is 0 Å². The summed E-state index contributed by atoms with van der Waals surface area (Å²) in [5.74, 6) is 0. The van der Waals surface area contributed by atoms with E-state index >= 15 is 0 Å². The molecule has 0 amide bonds. The standard InChI is InChI=1S/C14H30N2/c1-4-11-16(5-2)13-14(12-15-3)9-7-6-8-10-14/h15H,4-13H2,1-3H3. The molecule has 0 aromatic rings. The van der Waals surface area contributed by atoms with E-state index < -0.39 is 0 Å². The van der Waals surface area contributed by atoms with Crippen LogP contribution in [0.3, 0.4) is 0 Å². The third-order valence-corrected chi connectivity index (χ3v) is 4.01. The van der Waals surface area contributed by atoms with E-state index in [2.05, 4.69) is 31.1 Å². The van der Waals surface area contributed by atoms with Crippen LogP contribution in [0.4, 0.5) is 0 Å². The van der Waals surface area contributed by atoms with Gasteiger partial charge in [0.25, 0.3) is 0 Å². The van der Waals surface area contributed by atoms with Crippen molar-refractivity contribution in [2.24, 2.45) is 5.41 Å². The molecular formula is C14H30N2. The van der Waals surface area contributed by atoms with Crippen molar-refractivity contribution >= 4 is 0 Å². The van der Waals surface area contributed by atoms with Crippen LogP contribution >= 0.6 is 0 Å². The lowest BCUT2D eigenvalue weighted by atomic mass is 9.73. The molecule has 0 saturated heterocycles. The first kappa shape index (κ1) is 14.0. The van der Waals surface area contributed by atoms with Gasteiger partial charge < -0.3 is 10.2 Å². The summed E-state index contributed by atoms with van der Waals surface area (Å²) in [6.07, 6.45) is 8.45. The lowest BCUT2D eigenvalue weighted by molar-refractivity contribution is 0.107. The largest absolute Gasteiger partial charge is 0.319 e. The third kappa shape index (κ3) is 4.06. The van der Waals surface area contributed by atoms with Gasteiger partial charge in [-0.1, -0.05) is 33.1 Å². The van der Waals surface area contributed by atoms with Crippen LogP contribution in [-0.4, -0.2) is 38.1 Å². The molecule has 0 aliphatic heterocycles. The molecule has 2 heteroatoms. The monoisotopic (exact) mass is 226 g/mol. The Morgan fingerprint density at radius 3 is 2.31 bits per heavy atom. The first-order valence-electron chi connectivity index (χ1n) is 7.13. The quantitative estimate of drug-likeness (QED) is 0.718. The Morgan fingerprint density at radius 1 is 1.12 bits per heavy atom. The van der Waals surface area contributed by atoms with Crippen LogP contribution in [-0.2, 0) is 0 Å². The van der Waals surface area contributed by atoms with E-state index in [1.165, 1.54) is 64.7 Å². The van der Waals surface area contributed by atoms with Crippen LogP contribution in [0, 0.1) is 5.41 Å². The molecule has 1 aliphatic carbocycles. The van der Waals surface area contributed by atoms with Crippen LogP contribution in [0.25, 0.3) is 0 Å². The zero-order valence-corrected chi connectivity index (χ0v) is 11.5. The van der Waals surface area contributed by atoms with Crippen LogP contribution in [0.2, 0.25) is 0 Å². The molecule has 1 N–H and O–H groups in total. The molecule has 0 spiro atoms. The van der Waals surface area contributed by atoms with Crippen LogP contribution < -0.4 is 5.32 Å². The normalized spacial score (nSPS) is 20.2. The van der Waals surface area contributed by atoms with E-state index in [0.717, 1.165) is 0 Å². The maximum absolute atomic E-state index is 3.42. The summed E-state index contributed by atoms with van der Waals surface area (Å²) >= 11 is 0. The van der Waals surface area contributed by atoms with Crippen LogP contribution in [0.15, 0.2) is 0 Å². The van der Waals surface area contributed by atoms with Gasteiger partial charge in [-0.15, -0.1) is 0 Å². The zero-order chi connectivity index (χ0) is 11.9.